The average molecular weight is 454 g/mol. The molecule has 168 valence electrons. The molecule has 2 fully saturated rings. The Morgan fingerprint density at radius 3 is 2.53 bits per heavy atom. The second-order valence-corrected chi connectivity index (χ2v) is 10.7. The van der Waals surface area contributed by atoms with Gasteiger partial charge >= 0.3 is 0 Å². The van der Waals surface area contributed by atoms with Crippen LogP contribution >= 0.6 is 0 Å². The van der Waals surface area contributed by atoms with Crippen molar-refractivity contribution in [3.8, 4) is 17.1 Å². The van der Waals surface area contributed by atoms with Gasteiger partial charge in [-0.1, -0.05) is 18.2 Å². The van der Waals surface area contributed by atoms with Crippen molar-refractivity contribution in [1.29, 1.82) is 0 Å². The Bertz CT molecular complexity index is 1250. The Morgan fingerprint density at radius 1 is 1.12 bits per heavy atom. The van der Waals surface area contributed by atoms with Crippen LogP contribution in [0, 0.1) is 25.7 Å². The second kappa shape index (κ2) is 7.88. The van der Waals surface area contributed by atoms with Crippen LogP contribution in [0.3, 0.4) is 0 Å². The molecule has 2 saturated carbocycles. The Labute approximate surface area is 188 Å². The molecule has 0 spiro atoms. The van der Waals surface area contributed by atoms with Crippen LogP contribution in [0.2, 0.25) is 0 Å². The minimum Gasteiger partial charge on any atom is -0.474 e. The number of fused-ring (bicyclic) bond motifs is 2. The van der Waals surface area contributed by atoms with Crippen LogP contribution < -0.4 is 9.46 Å². The number of benzene rings is 1. The zero-order chi connectivity index (χ0) is 22.5. The third-order valence-electron chi connectivity index (χ3n) is 6.60. The largest absolute Gasteiger partial charge is 0.474 e. The number of hydrogen-bond acceptors (Lipinski definition) is 6. The van der Waals surface area contributed by atoms with Gasteiger partial charge < -0.3 is 4.74 Å². The third kappa shape index (κ3) is 3.97. The fourth-order valence-electron chi connectivity index (χ4n) is 5.08. The summed E-state index contributed by atoms with van der Waals surface area (Å²) in [7, 11) is -2.21. The molecule has 3 atom stereocenters. The molecule has 1 N–H and O–H groups in total. The molecule has 0 saturated heterocycles. The number of anilines is 1. The number of aromatic nitrogens is 4. The van der Waals surface area contributed by atoms with E-state index in [0.29, 0.717) is 17.5 Å². The van der Waals surface area contributed by atoms with Crippen molar-refractivity contribution >= 4 is 16.0 Å². The minimum atomic E-state index is -3.88. The van der Waals surface area contributed by atoms with Crippen molar-refractivity contribution in [1.82, 2.24) is 19.7 Å². The number of nitrogens with one attached hydrogen (secondary N) is 1. The summed E-state index contributed by atoms with van der Waals surface area (Å²) in [5, 5.41) is 3.95. The SMILES string of the molecule is Cc1cccc(C)c1-c1cc(O[C@@H]2C[C@@H]3CC[C@H]2C3)nc(NS(=O)(=O)c2cnn(C)c2)n1. The van der Waals surface area contributed by atoms with Crippen LogP contribution in [0.1, 0.15) is 36.8 Å². The average Bonchev–Trinajstić information content (AvgIpc) is 3.45. The molecule has 1 aromatic carbocycles. The first-order chi connectivity index (χ1) is 15.3. The van der Waals surface area contributed by atoms with E-state index in [1.165, 1.54) is 36.3 Å². The van der Waals surface area contributed by atoms with Crippen LogP contribution in [0.5, 0.6) is 5.88 Å². The van der Waals surface area contributed by atoms with Gasteiger partial charge in [-0.05, 0) is 62.5 Å². The third-order valence-corrected chi connectivity index (χ3v) is 7.89. The van der Waals surface area contributed by atoms with E-state index in [0.717, 1.165) is 29.0 Å². The van der Waals surface area contributed by atoms with E-state index in [4.69, 9.17) is 4.74 Å². The van der Waals surface area contributed by atoms with Gasteiger partial charge in [0.2, 0.25) is 11.8 Å². The molecule has 2 aliphatic carbocycles. The Hall–Kier alpha value is -2.94. The molecule has 0 radical (unpaired) electrons. The summed E-state index contributed by atoms with van der Waals surface area (Å²) in [6.45, 7) is 4.03. The fourth-order valence-corrected chi connectivity index (χ4v) is 6.01. The van der Waals surface area contributed by atoms with E-state index in [2.05, 4.69) is 19.8 Å². The lowest BCUT2D eigenvalue weighted by Crippen LogP contribution is -2.24. The van der Waals surface area contributed by atoms with Crippen LogP contribution in [-0.2, 0) is 17.1 Å². The van der Waals surface area contributed by atoms with E-state index in [-0.39, 0.29) is 16.9 Å². The van der Waals surface area contributed by atoms with Gasteiger partial charge in [0.1, 0.15) is 11.0 Å². The van der Waals surface area contributed by atoms with E-state index >= 15 is 0 Å². The summed E-state index contributed by atoms with van der Waals surface area (Å²) < 4.78 is 36.0. The predicted molar refractivity (Wildman–Crippen MR) is 121 cm³/mol. The highest BCUT2D eigenvalue weighted by atomic mass is 32.2. The molecular weight excluding hydrogens is 426 g/mol. The summed E-state index contributed by atoms with van der Waals surface area (Å²) in [6, 6.07) is 7.85. The van der Waals surface area contributed by atoms with Crippen molar-refractivity contribution in [3.05, 3.63) is 47.8 Å². The van der Waals surface area contributed by atoms with Crippen LogP contribution in [0.25, 0.3) is 11.3 Å². The molecule has 5 rings (SSSR count). The van der Waals surface area contributed by atoms with Crippen molar-refractivity contribution in [2.45, 2.75) is 50.5 Å². The summed E-state index contributed by atoms with van der Waals surface area (Å²) in [5.74, 6) is 1.67. The van der Waals surface area contributed by atoms with Crippen LogP contribution in [0.4, 0.5) is 5.95 Å². The number of aryl methyl sites for hydroxylation is 3. The first-order valence-electron chi connectivity index (χ1n) is 10.9. The predicted octanol–water partition coefficient (Wildman–Crippen LogP) is 3.86. The van der Waals surface area contributed by atoms with Gasteiger partial charge in [0.15, 0.2) is 0 Å². The molecule has 8 nitrogen and oxygen atoms in total. The first-order valence-corrected chi connectivity index (χ1v) is 12.4. The van der Waals surface area contributed by atoms with Crippen molar-refractivity contribution in [2.24, 2.45) is 18.9 Å². The molecule has 0 amide bonds. The molecule has 0 unspecified atom stereocenters. The molecule has 9 heteroatoms. The Morgan fingerprint density at radius 2 is 1.91 bits per heavy atom. The lowest BCUT2D eigenvalue weighted by molar-refractivity contribution is 0.132. The van der Waals surface area contributed by atoms with Gasteiger partial charge in [-0.3, -0.25) is 4.68 Å². The van der Waals surface area contributed by atoms with Crippen molar-refractivity contribution in [3.63, 3.8) is 0 Å². The molecule has 2 heterocycles. The maximum atomic E-state index is 12.9. The van der Waals surface area contributed by atoms with E-state index in [1.807, 2.05) is 38.1 Å². The molecule has 3 aromatic rings. The number of ether oxygens (including phenoxy) is 1. The van der Waals surface area contributed by atoms with Gasteiger partial charge in [-0.25, -0.2) is 18.1 Å². The molecule has 32 heavy (non-hydrogen) atoms. The summed E-state index contributed by atoms with van der Waals surface area (Å²) >= 11 is 0. The zero-order valence-corrected chi connectivity index (χ0v) is 19.3. The van der Waals surface area contributed by atoms with Gasteiger partial charge in [-0.15, -0.1) is 0 Å². The Kier molecular flexibility index (Phi) is 5.16. The van der Waals surface area contributed by atoms with E-state index < -0.39 is 10.0 Å². The highest BCUT2D eigenvalue weighted by Gasteiger charge is 2.41. The highest BCUT2D eigenvalue weighted by molar-refractivity contribution is 7.92. The summed E-state index contributed by atoms with van der Waals surface area (Å²) in [5.41, 5.74) is 3.69. The molecule has 2 bridgehead atoms. The normalized spacial score (nSPS) is 22.3. The van der Waals surface area contributed by atoms with Gasteiger partial charge in [0.25, 0.3) is 10.0 Å². The van der Waals surface area contributed by atoms with Gasteiger partial charge in [0, 0.05) is 24.9 Å². The quantitative estimate of drug-likeness (QED) is 0.608. The standard InChI is InChI=1S/C23H27N5O3S/c1-14-5-4-6-15(2)22(14)19-11-21(31-20-10-16-7-8-17(20)9-16)26-23(25-19)27-32(29,30)18-12-24-28(3)13-18/h4-6,11-13,16-17,20H,7-10H2,1-3H3,(H,25,26,27)/t16-,17+,20-/m1/s1. The smallest absolute Gasteiger partial charge is 0.267 e. The summed E-state index contributed by atoms with van der Waals surface area (Å²) in [6.07, 6.45) is 7.55. The minimum absolute atomic E-state index is 0.00726. The van der Waals surface area contributed by atoms with Crippen molar-refractivity contribution in [2.75, 3.05) is 4.72 Å². The number of hydrogen-bond donors (Lipinski definition) is 1. The van der Waals surface area contributed by atoms with Crippen LogP contribution in [0.15, 0.2) is 41.6 Å². The van der Waals surface area contributed by atoms with Crippen molar-refractivity contribution < 1.29 is 13.2 Å². The maximum absolute atomic E-state index is 12.9. The first kappa shape index (κ1) is 20.9. The zero-order valence-electron chi connectivity index (χ0n) is 18.4. The van der Waals surface area contributed by atoms with Gasteiger partial charge in [-0.2, -0.15) is 10.1 Å². The Balaban J connectivity index is 1.53. The van der Waals surface area contributed by atoms with Crippen LogP contribution in [-0.4, -0.2) is 34.3 Å². The fraction of sp³-hybridized carbons (Fsp3) is 0.435. The summed E-state index contributed by atoms with van der Waals surface area (Å²) in [4.78, 5) is 9.04. The van der Waals surface area contributed by atoms with E-state index in [9.17, 15) is 8.42 Å². The molecular formula is C23H27N5O3S. The topological polar surface area (TPSA) is 99.0 Å². The van der Waals surface area contributed by atoms with Gasteiger partial charge in [0.05, 0.1) is 11.9 Å². The molecule has 2 aromatic heterocycles. The lowest BCUT2D eigenvalue weighted by atomic mass is 9.98. The maximum Gasteiger partial charge on any atom is 0.267 e. The number of sulfonamides is 1. The number of nitrogens with zero attached hydrogens (tertiary/aromatic N) is 4. The molecule has 0 aliphatic heterocycles. The van der Waals surface area contributed by atoms with E-state index in [1.54, 1.807) is 7.05 Å². The highest BCUT2D eigenvalue weighted by Crippen LogP contribution is 2.46. The molecule has 2 aliphatic rings. The lowest BCUT2D eigenvalue weighted by Gasteiger charge is -2.23. The number of rotatable bonds is 6. The monoisotopic (exact) mass is 453 g/mol. The second-order valence-electron chi connectivity index (χ2n) is 8.97.